The lowest BCUT2D eigenvalue weighted by atomic mass is 10.1. The largest absolute Gasteiger partial charge is 0.455 e. The first-order chi connectivity index (χ1) is 14.5. The van der Waals surface area contributed by atoms with Gasteiger partial charge in [-0.15, -0.1) is 0 Å². The third-order valence-corrected chi connectivity index (χ3v) is 4.24. The van der Waals surface area contributed by atoms with Crippen LogP contribution in [0.25, 0.3) is 0 Å². The van der Waals surface area contributed by atoms with E-state index >= 15 is 0 Å². The van der Waals surface area contributed by atoms with Crippen molar-refractivity contribution in [2.75, 3.05) is 0 Å². The van der Waals surface area contributed by atoms with Gasteiger partial charge in [-0.1, -0.05) is 36.4 Å². The molecule has 8 heteroatoms. The summed E-state index contributed by atoms with van der Waals surface area (Å²) in [6, 6.07) is 19.0. The van der Waals surface area contributed by atoms with Crippen LogP contribution in [0, 0.1) is 10.1 Å². The van der Waals surface area contributed by atoms with Crippen molar-refractivity contribution in [2.24, 2.45) is 0 Å². The summed E-state index contributed by atoms with van der Waals surface area (Å²) in [5.74, 6) is -1.29. The highest BCUT2D eigenvalue weighted by atomic mass is 16.6. The molecule has 0 saturated heterocycles. The van der Waals surface area contributed by atoms with Crippen molar-refractivity contribution in [3.05, 3.63) is 106 Å². The van der Waals surface area contributed by atoms with E-state index in [1.54, 1.807) is 60.7 Å². The molecule has 0 unspecified atom stereocenters. The number of rotatable bonds is 7. The van der Waals surface area contributed by atoms with Gasteiger partial charge in [0.15, 0.2) is 6.10 Å². The van der Waals surface area contributed by atoms with Gasteiger partial charge in [0.05, 0.1) is 21.7 Å². The Kier molecular flexibility index (Phi) is 6.49. The van der Waals surface area contributed by atoms with Crippen LogP contribution in [-0.2, 0) is 9.47 Å². The Balaban J connectivity index is 1.88. The Hall–Kier alpha value is -4.07. The molecular weight excluding hydrogens is 388 g/mol. The van der Waals surface area contributed by atoms with E-state index in [-0.39, 0.29) is 16.9 Å². The average Bonchev–Trinajstić information content (AvgIpc) is 2.78. The molecule has 0 aliphatic rings. The molecular formula is C22H18N2O6. The van der Waals surface area contributed by atoms with Gasteiger partial charge in [0, 0.05) is 18.3 Å². The fourth-order valence-electron chi connectivity index (χ4n) is 2.73. The van der Waals surface area contributed by atoms with E-state index in [2.05, 4.69) is 4.98 Å². The molecule has 0 aliphatic heterocycles. The summed E-state index contributed by atoms with van der Waals surface area (Å²) in [6.45, 7) is 1.53. The predicted octanol–water partition coefficient (Wildman–Crippen LogP) is 4.13. The summed E-state index contributed by atoms with van der Waals surface area (Å²) in [5, 5.41) is 11.1. The van der Waals surface area contributed by atoms with Crippen LogP contribution in [0.15, 0.2) is 79.0 Å². The van der Waals surface area contributed by atoms with Crippen molar-refractivity contribution in [3.63, 3.8) is 0 Å². The van der Waals surface area contributed by atoms with Crippen molar-refractivity contribution in [3.8, 4) is 0 Å². The van der Waals surface area contributed by atoms with Crippen LogP contribution in [0.2, 0.25) is 0 Å². The van der Waals surface area contributed by atoms with Crippen LogP contribution in [0.5, 0.6) is 0 Å². The second-order valence-corrected chi connectivity index (χ2v) is 6.36. The zero-order valence-corrected chi connectivity index (χ0v) is 16.0. The molecule has 30 heavy (non-hydrogen) atoms. The number of aromatic nitrogens is 1. The lowest BCUT2D eigenvalue weighted by molar-refractivity contribution is -0.385. The number of esters is 2. The molecule has 3 rings (SSSR count). The third kappa shape index (κ3) is 5.05. The van der Waals surface area contributed by atoms with Crippen LogP contribution < -0.4 is 0 Å². The normalized spacial score (nSPS) is 12.4. The van der Waals surface area contributed by atoms with Crippen molar-refractivity contribution < 1.29 is 24.0 Å². The lowest BCUT2D eigenvalue weighted by Gasteiger charge is -2.24. The van der Waals surface area contributed by atoms with Crippen LogP contribution in [0.4, 0.5) is 5.69 Å². The van der Waals surface area contributed by atoms with Crippen molar-refractivity contribution in [1.82, 2.24) is 4.98 Å². The monoisotopic (exact) mass is 406 g/mol. The molecule has 0 spiro atoms. The summed E-state index contributed by atoms with van der Waals surface area (Å²) in [4.78, 5) is 39.7. The van der Waals surface area contributed by atoms with Crippen LogP contribution in [0.1, 0.15) is 39.4 Å². The molecule has 0 bridgehead atoms. The van der Waals surface area contributed by atoms with E-state index < -0.39 is 29.1 Å². The number of benzene rings is 2. The SMILES string of the molecule is C[C@@H](OC(=O)c1ccccc1)[C@H](OC(=O)c1ccccc1)c1cc([N+](=O)[O-])ccn1. The quantitative estimate of drug-likeness (QED) is 0.330. The average molecular weight is 406 g/mol. The molecule has 0 aliphatic carbocycles. The maximum atomic E-state index is 12.6. The van der Waals surface area contributed by atoms with Gasteiger partial charge in [0.1, 0.15) is 6.10 Å². The predicted molar refractivity (Wildman–Crippen MR) is 107 cm³/mol. The van der Waals surface area contributed by atoms with E-state index in [1.165, 1.54) is 25.3 Å². The minimum absolute atomic E-state index is 0.0989. The molecule has 0 N–H and O–H groups in total. The molecule has 8 nitrogen and oxygen atoms in total. The maximum Gasteiger partial charge on any atom is 0.338 e. The van der Waals surface area contributed by atoms with E-state index in [0.29, 0.717) is 5.56 Å². The summed E-state index contributed by atoms with van der Waals surface area (Å²) in [5.41, 5.74) is 0.489. The van der Waals surface area contributed by atoms with Gasteiger partial charge >= 0.3 is 11.9 Å². The number of nitrogens with zero attached hydrogens (tertiary/aromatic N) is 2. The van der Waals surface area contributed by atoms with Gasteiger partial charge in [0.2, 0.25) is 0 Å². The molecule has 3 aromatic rings. The minimum atomic E-state index is -1.15. The van der Waals surface area contributed by atoms with E-state index in [4.69, 9.17) is 9.47 Å². The van der Waals surface area contributed by atoms with Gasteiger partial charge in [-0.25, -0.2) is 9.59 Å². The molecule has 1 heterocycles. The van der Waals surface area contributed by atoms with Gasteiger partial charge in [-0.05, 0) is 31.2 Å². The smallest absolute Gasteiger partial charge is 0.338 e. The number of carbonyl (C=O) groups excluding carboxylic acids is 2. The summed E-state index contributed by atoms with van der Waals surface area (Å²) in [6.07, 6.45) is -0.868. The number of pyridine rings is 1. The minimum Gasteiger partial charge on any atom is -0.455 e. The van der Waals surface area contributed by atoms with Crippen LogP contribution in [0.3, 0.4) is 0 Å². The molecule has 1 aromatic heterocycles. The van der Waals surface area contributed by atoms with Crippen LogP contribution >= 0.6 is 0 Å². The molecule has 0 amide bonds. The molecule has 152 valence electrons. The van der Waals surface area contributed by atoms with Gasteiger partial charge in [-0.3, -0.25) is 15.1 Å². The van der Waals surface area contributed by atoms with Crippen LogP contribution in [-0.4, -0.2) is 27.9 Å². The van der Waals surface area contributed by atoms with Crippen molar-refractivity contribution in [2.45, 2.75) is 19.1 Å². The second-order valence-electron chi connectivity index (χ2n) is 6.36. The van der Waals surface area contributed by atoms with E-state index in [9.17, 15) is 19.7 Å². The number of ether oxygens (including phenoxy) is 2. The first-order valence-corrected chi connectivity index (χ1v) is 9.08. The Morgan fingerprint density at radius 2 is 1.43 bits per heavy atom. The number of hydrogen-bond acceptors (Lipinski definition) is 7. The Labute approximate surface area is 172 Å². The Morgan fingerprint density at radius 3 is 1.97 bits per heavy atom. The molecule has 0 saturated carbocycles. The highest BCUT2D eigenvalue weighted by Crippen LogP contribution is 2.26. The molecule has 0 radical (unpaired) electrons. The zero-order valence-electron chi connectivity index (χ0n) is 16.0. The number of hydrogen-bond donors (Lipinski definition) is 0. The third-order valence-electron chi connectivity index (χ3n) is 4.24. The summed E-state index contributed by atoms with van der Waals surface area (Å²) in [7, 11) is 0. The van der Waals surface area contributed by atoms with Gasteiger partial charge < -0.3 is 9.47 Å². The number of nitro groups is 1. The van der Waals surface area contributed by atoms with Gasteiger partial charge in [0.25, 0.3) is 5.69 Å². The lowest BCUT2D eigenvalue weighted by Crippen LogP contribution is -2.27. The maximum absolute atomic E-state index is 12.6. The summed E-state index contributed by atoms with van der Waals surface area (Å²) >= 11 is 0. The van der Waals surface area contributed by atoms with E-state index in [0.717, 1.165) is 0 Å². The zero-order chi connectivity index (χ0) is 21.5. The highest BCUT2D eigenvalue weighted by Gasteiger charge is 2.30. The Bertz CT molecular complexity index is 1040. The second kappa shape index (κ2) is 9.42. The molecule has 2 aromatic carbocycles. The Morgan fingerprint density at radius 1 is 0.900 bits per heavy atom. The van der Waals surface area contributed by atoms with E-state index in [1.807, 2.05) is 0 Å². The number of carbonyl (C=O) groups is 2. The van der Waals surface area contributed by atoms with Gasteiger partial charge in [-0.2, -0.15) is 0 Å². The molecule has 2 atom stereocenters. The van der Waals surface area contributed by atoms with Crippen molar-refractivity contribution in [1.29, 1.82) is 0 Å². The highest BCUT2D eigenvalue weighted by molar-refractivity contribution is 5.90. The fraction of sp³-hybridized carbons (Fsp3) is 0.136. The molecule has 0 fully saturated rings. The first kappa shape index (κ1) is 20.7. The first-order valence-electron chi connectivity index (χ1n) is 9.08. The standard InChI is InChI=1S/C22H18N2O6/c1-15(29-21(25)16-8-4-2-5-9-16)20(19-14-18(24(27)28)12-13-23-19)30-22(26)17-10-6-3-7-11-17/h2-15,20H,1H3/t15-,20+/m1/s1. The topological polar surface area (TPSA) is 109 Å². The summed E-state index contributed by atoms with van der Waals surface area (Å²) < 4.78 is 11.0. The van der Waals surface area contributed by atoms with Crippen molar-refractivity contribution >= 4 is 17.6 Å². The fourth-order valence-corrected chi connectivity index (χ4v) is 2.73.